The second-order valence-electron chi connectivity index (χ2n) is 4.09. The normalized spacial score (nSPS) is 12.3. The Morgan fingerprint density at radius 2 is 2.24 bits per heavy atom. The van der Waals surface area contributed by atoms with Crippen molar-refractivity contribution in [1.82, 2.24) is 4.90 Å². The Bertz CT molecular complexity index is 390. The summed E-state index contributed by atoms with van der Waals surface area (Å²) < 4.78 is 0. The Morgan fingerprint density at radius 1 is 1.47 bits per heavy atom. The minimum atomic E-state index is -0.302. The first kappa shape index (κ1) is 14.2. The predicted molar refractivity (Wildman–Crippen MR) is 70.9 cm³/mol. The first-order valence-corrected chi connectivity index (χ1v) is 6.48. The molecule has 0 saturated carbocycles. The van der Waals surface area contributed by atoms with Crippen LogP contribution in [0.1, 0.15) is 23.1 Å². The number of hydrogen-bond donors (Lipinski definition) is 2. The van der Waals surface area contributed by atoms with Crippen molar-refractivity contribution in [3.05, 3.63) is 21.9 Å². The molecule has 4 heteroatoms. The maximum absolute atomic E-state index is 9.27. The van der Waals surface area contributed by atoms with Crippen molar-refractivity contribution >= 4 is 11.3 Å². The quantitative estimate of drug-likeness (QED) is 0.777. The molecule has 0 aromatic carbocycles. The molecule has 2 N–H and O–H groups in total. The van der Waals surface area contributed by atoms with Gasteiger partial charge in [-0.3, -0.25) is 4.90 Å². The van der Waals surface area contributed by atoms with Gasteiger partial charge in [-0.1, -0.05) is 11.8 Å². The molecule has 0 bridgehead atoms. The number of nitrogens with zero attached hydrogens (tertiary/aromatic N) is 1. The van der Waals surface area contributed by atoms with Crippen LogP contribution in [0.25, 0.3) is 0 Å². The van der Waals surface area contributed by atoms with Crippen molar-refractivity contribution in [2.24, 2.45) is 0 Å². The molecule has 1 unspecified atom stereocenters. The zero-order valence-electron chi connectivity index (χ0n) is 10.3. The van der Waals surface area contributed by atoms with Crippen molar-refractivity contribution in [2.45, 2.75) is 26.0 Å². The first-order valence-electron chi connectivity index (χ1n) is 5.67. The van der Waals surface area contributed by atoms with Gasteiger partial charge in [-0.2, -0.15) is 0 Å². The van der Waals surface area contributed by atoms with E-state index < -0.39 is 0 Å². The summed E-state index contributed by atoms with van der Waals surface area (Å²) >= 11 is 1.66. The third-order valence-corrected chi connectivity index (χ3v) is 3.10. The third kappa shape index (κ3) is 5.85. The van der Waals surface area contributed by atoms with Crippen LogP contribution in [0.15, 0.2) is 12.1 Å². The lowest BCUT2D eigenvalue weighted by Gasteiger charge is -2.16. The van der Waals surface area contributed by atoms with Crippen LogP contribution in [-0.4, -0.2) is 41.4 Å². The van der Waals surface area contributed by atoms with E-state index in [1.165, 1.54) is 4.88 Å². The molecular weight excluding hydrogens is 234 g/mol. The number of aliphatic hydroxyl groups excluding tert-OH is 2. The first-order chi connectivity index (χ1) is 8.11. The predicted octanol–water partition coefficient (Wildman–Crippen LogP) is 1.29. The van der Waals surface area contributed by atoms with E-state index in [2.05, 4.69) is 22.8 Å². The highest BCUT2D eigenvalue weighted by atomic mass is 32.1. The molecule has 94 valence electrons. The van der Waals surface area contributed by atoms with Crippen molar-refractivity contribution in [3.8, 4) is 11.8 Å². The minimum Gasteiger partial charge on any atom is -0.395 e. The van der Waals surface area contributed by atoms with Crippen LogP contribution in [0.3, 0.4) is 0 Å². The highest BCUT2D eigenvalue weighted by Crippen LogP contribution is 2.17. The fourth-order valence-corrected chi connectivity index (χ4v) is 2.48. The zero-order valence-corrected chi connectivity index (χ0v) is 11.1. The highest BCUT2D eigenvalue weighted by Gasteiger charge is 2.05. The van der Waals surface area contributed by atoms with E-state index in [0.29, 0.717) is 13.0 Å². The molecule has 17 heavy (non-hydrogen) atoms. The summed E-state index contributed by atoms with van der Waals surface area (Å²) in [7, 11) is 1.99. The summed E-state index contributed by atoms with van der Waals surface area (Å²) in [6, 6.07) is 4.06. The molecule has 0 aliphatic heterocycles. The van der Waals surface area contributed by atoms with Gasteiger partial charge in [-0.15, -0.1) is 11.3 Å². The molecule has 1 heterocycles. The Labute approximate surface area is 107 Å². The maximum atomic E-state index is 9.27. The van der Waals surface area contributed by atoms with E-state index in [9.17, 15) is 5.11 Å². The Hall–Kier alpha value is -0.860. The van der Waals surface area contributed by atoms with Gasteiger partial charge in [-0.25, -0.2) is 0 Å². The van der Waals surface area contributed by atoms with E-state index in [1.54, 1.807) is 18.3 Å². The SMILES string of the molecule is CC(O)CN(C)Cc1ccc(C#CCCO)s1. The number of hydrogen-bond acceptors (Lipinski definition) is 4. The molecule has 0 spiro atoms. The molecule has 1 aromatic rings. The molecule has 0 radical (unpaired) electrons. The summed E-state index contributed by atoms with van der Waals surface area (Å²) in [6.45, 7) is 3.40. The van der Waals surface area contributed by atoms with Crippen LogP contribution >= 0.6 is 11.3 Å². The topological polar surface area (TPSA) is 43.7 Å². The lowest BCUT2D eigenvalue weighted by Crippen LogP contribution is -2.26. The third-order valence-electron chi connectivity index (χ3n) is 2.11. The van der Waals surface area contributed by atoms with Gasteiger partial charge in [0.05, 0.1) is 17.6 Å². The fourth-order valence-electron chi connectivity index (χ4n) is 1.52. The second-order valence-corrected chi connectivity index (χ2v) is 5.26. The van der Waals surface area contributed by atoms with Crippen molar-refractivity contribution in [1.29, 1.82) is 0 Å². The summed E-state index contributed by atoms with van der Waals surface area (Å²) in [4.78, 5) is 4.35. The molecular formula is C13H19NO2S. The highest BCUT2D eigenvalue weighted by molar-refractivity contribution is 7.12. The molecule has 0 amide bonds. The molecule has 0 aliphatic carbocycles. The monoisotopic (exact) mass is 253 g/mol. The molecule has 0 aliphatic rings. The Morgan fingerprint density at radius 3 is 2.88 bits per heavy atom. The number of likely N-dealkylation sites (N-methyl/N-ethyl adjacent to an activating group) is 1. The molecule has 1 atom stereocenters. The maximum Gasteiger partial charge on any atom is 0.0771 e. The van der Waals surface area contributed by atoms with Gasteiger partial charge in [-0.05, 0) is 26.1 Å². The Balaban J connectivity index is 2.48. The van der Waals surface area contributed by atoms with E-state index in [0.717, 1.165) is 11.4 Å². The van der Waals surface area contributed by atoms with E-state index in [4.69, 9.17) is 5.11 Å². The van der Waals surface area contributed by atoms with Crippen LogP contribution in [0, 0.1) is 11.8 Å². The van der Waals surface area contributed by atoms with Crippen LogP contribution in [-0.2, 0) is 6.54 Å². The van der Waals surface area contributed by atoms with Crippen LogP contribution in [0.4, 0.5) is 0 Å². The summed E-state index contributed by atoms with van der Waals surface area (Å²) in [5, 5.41) is 17.9. The fraction of sp³-hybridized carbons (Fsp3) is 0.538. The van der Waals surface area contributed by atoms with E-state index in [-0.39, 0.29) is 12.7 Å². The van der Waals surface area contributed by atoms with Gasteiger partial charge in [0.2, 0.25) is 0 Å². The minimum absolute atomic E-state index is 0.113. The summed E-state index contributed by atoms with van der Waals surface area (Å²) in [5.41, 5.74) is 0. The van der Waals surface area contributed by atoms with Gasteiger partial charge in [0, 0.05) is 24.4 Å². The smallest absolute Gasteiger partial charge is 0.0771 e. The van der Waals surface area contributed by atoms with Crippen molar-refractivity contribution in [2.75, 3.05) is 20.2 Å². The summed E-state index contributed by atoms with van der Waals surface area (Å²) in [5.74, 6) is 5.93. The second kappa shape index (κ2) is 7.46. The summed E-state index contributed by atoms with van der Waals surface area (Å²) in [6.07, 6.45) is 0.221. The Kier molecular flexibility index (Phi) is 6.23. The lowest BCUT2D eigenvalue weighted by atomic mass is 10.3. The van der Waals surface area contributed by atoms with Crippen LogP contribution in [0.2, 0.25) is 0 Å². The molecule has 0 fully saturated rings. The van der Waals surface area contributed by atoms with Gasteiger partial charge in [0.25, 0.3) is 0 Å². The zero-order chi connectivity index (χ0) is 12.7. The largest absolute Gasteiger partial charge is 0.395 e. The number of aliphatic hydroxyl groups is 2. The molecule has 1 rings (SSSR count). The van der Waals surface area contributed by atoms with Gasteiger partial charge in [0.1, 0.15) is 0 Å². The number of rotatable bonds is 5. The number of thiophene rings is 1. The molecule has 0 saturated heterocycles. The van der Waals surface area contributed by atoms with Crippen LogP contribution in [0.5, 0.6) is 0 Å². The molecule has 3 nitrogen and oxygen atoms in total. The molecule has 1 aromatic heterocycles. The van der Waals surface area contributed by atoms with E-state index >= 15 is 0 Å². The van der Waals surface area contributed by atoms with Crippen LogP contribution < -0.4 is 0 Å². The van der Waals surface area contributed by atoms with Crippen molar-refractivity contribution < 1.29 is 10.2 Å². The van der Waals surface area contributed by atoms with Gasteiger partial charge in [0.15, 0.2) is 0 Å². The average Bonchev–Trinajstić information content (AvgIpc) is 2.64. The lowest BCUT2D eigenvalue weighted by molar-refractivity contribution is 0.139. The average molecular weight is 253 g/mol. The van der Waals surface area contributed by atoms with Gasteiger partial charge >= 0.3 is 0 Å². The van der Waals surface area contributed by atoms with E-state index in [1.807, 2.05) is 13.1 Å². The van der Waals surface area contributed by atoms with Crippen molar-refractivity contribution in [3.63, 3.8) is 0 Å². The standard InChI is InChI=1S/C13H19NO2S/c1-11(16)9-14(2)10-13-7-6-12(17-13)5-3-4-8-15/h6-7,11,15-16H,4,8-10H2,1-2H3. The van der Waals surface area contributed by atoms with Gasteiger partial charge < -0.3 is 10.2 Å².